The second kappa shape index (κ2) is 11.3. The van der Waals surface area contributed by atoms with Crippen LogP contribution in [0.15, 0.2) is 75.6 Å². The zero-order valence-electron chi connectivity index (χ0n) is 22.3. The van der Waals surface area contributed by atoms with Crippen LogP contribution in [-0.4, -0.2) is 77.9 Å². The molecule has 2 aromatic carbocycles. The SMILES string of the molecule is CC1CCN(C2=NC(=O)/C(=C/c3cn(-c4ccccc4)nc3-c3cccc(S(=O)(=O)N4CCOCC4)c3)S2)CC1. The minimum atomic E-state index is -3.68. The van der Waals surface area contributed by atoms with E-state index in [0.717, 1.165) is 36.8 Å². The molecule has 3 aromatic rings. The van der Waals surface area contributed by atoms with Gasteiger partial charge in [0.1, 0.15) is 5.69 Å². The number of hydrogen-bond donors (Lipinski definition) is 0. The third-order valence-corrected chi connectivity index (χ3v) is 10.4. The van der Waals surface area contributed by atoms with Gasteiger partial charge in [0.15, 0.2) is 5.17 Å². The number of carbonyl (C=O) groups excluding carboxylic acids is 1. The molecule has 208 valence electrons. The Kier molecular flexibility index (Phi) is 7.63. The van der Waals surface area contributed by atoms with Crippen LogP contribution in [0, 0.1) is 5.92 Å². The average molecular weight is 578 g/mol. The summed E-state index contributed by atoms with van der Waals surface area (Å²) in [6.07, 6.45) is 5.87. The Labute approximate surface area is 238 Å². The number of sulfonamides is 1. The van der Waals surface area contributed by atoms with Gasteiger partial charge in [-0.2, -0.15) is 14.4 Å². The number of nitrogens with zero attached hydrogens (tertiary/aromatic N) is 5. The van der Waals surface area contributed by atoms with E-state index in [2.05, 4.69) is 16.8 Å². The van der Waals surface area contributed by atoms with Crippen molar-refractivity contribution >= 4 is 38.9 Å². The molecule has 0 bridgehead atoms. The molecule has 0 atom stereocenters. The second-order valence-corrected chi connectivity index (χ2v) is 13.2. The molecule has 0 unspecified atom stereocenters. The highest BCUT2D eigenvalue weighted by Gasteiger charge is 2.30. The van der Waals surface area contributed by atoms with E-state index in [-0.39, 0.29) is 10.8 Å². The van der Waals surface area contributed by atoms with Crippen molar-refractivity contribution in [1.29, 1.82) is 0 Å². The van der Waals surface area contributed by atoms with Crippen LogP contribution in [0.3, 0.4) is 0 Å². The van der Waals surface area contributed by atoms with E-state index >= 15 is 0 Å². The number of hydrogen-bond acceptors (Lipinski definition) is 7. The number of carbonyl (C=O) groups is 1. The number of aliphatic imine (C=N–C) groups is 1. The van der Waals surface area contributed by atoms with Crippen molar-refractivity contribution in [2.45, 2.75) is 24.7 Å². The number of ether oxygens (including phenoxy) is 1. The highest BCUT2D eigenvalue weighted by molar-refractivity contribution is 8.18. The van der Waals surface area contributed by atoms with Crippen LogP contribution >= 0.6 is 11.8 Å². The number of morpholine rings is 1. The average Bonchev–Trinajstić information content (AvgIpc) is 3.58. The monoisotopic (exact) mass is 577 g/mol. The zero-order valence-corrected chi connectivity index (χ0v) is 23.9. The molecule has 6 rings (SSSR count). The lowest BCUT2D eigenvalue weighted by molar-refractivity contribution is -0.113. The molecule has 0 radical (unpaired) electrons. The molecule has 9 nitrogen and oxygen atoms in total. The third-order valence-electron chi connectivity index (χ3n) is 7.43. The number of aromatic nitrogens is 2. The van der Waals surface area contributed by atoms with Crippen LogP contribution in [0.4, 0.5) is 0 Å². The fourth-order valence-electron chi connectivity index (χ4n) is 5.04. The van der Waals surface area contributed by atoms with Crippen LogP contribution in [0.2, 0.25) is 0 Å². The molecule has 0 saturated carbocycles. The second-order valence-electron chi connectivity index (χ2n) is 10.2. The van der Waals surface area contributed by atoms with Crippen molar-refractivity contribution in [1.82, 2.24) is 19.0 Å². The molecule has 11 heteroatoms. The van der Waals surface area contributed by atoms with E-state index in [0.29, 0.717) is 53.9 Å². The number of amidine groups is 1. The highest BCUT2D eigenvalue weighted by atomic mass is 32.2. The molecule has 0 aliphatic carbocycles. The van der Waals surface area contributed by atoms with Crippen LogP contribution in [0.1, 0.15) is 25.3 Å². The fourth-order valence-corrected chi connectivity index (χ4v) is 7.45. The highest BCUT2D eigenvalue weighted by Crippen LogP contribution is 2.35. The van der Waals surface area contributed by atoms with Crippen molar-refractivity contribution in [3.05, 3.63) is 71.3 Å². The Morgan fingerprint density at radius 2 is 1.75 bits per heavy atom. The molecule has 2 saturated heterocycles. The first-order valence-corrected chi connectivity index (χ1v) is 15.7. The number of likely N-dealkylation sites (tertiary alicyclic amines) is 1. The van der Waals surface area contributed by atoms with Gasteiger partial charge >= 0.3 is 0 Å². The molecule has 0 N–H and O–H groups in total. The van der Waals surface area contributed by atoms with Crippen LogP contribution in [-0.2, 0) is 19.6 Å². The van der Waals surface area contributed by atoms with Gasteiger partial charge in [0.05, 0.1) is 28.7 Å². The lowest BCUT2D eigenvalue weighted by Gasteiger charge is -2.30. The molecule has 4 heterocycles. The summed E-state index contributed by atoms with van der Waals surface area (Å²) in [5.41, 5.74) is 2.81. The maximum absolute atomic E-state index is 13.4. The predicted molar refractivity (Wildman–Crippen MR) is 157 cm³/mol. The normalized spacial score (nSPS) is 20.3. The van der Waals surface area contributed by atoms with Crippen LogP contribution < -0.4 is 0 Å². The first kappa shape index (κ1) is 26.9. The molecule has 3 aliphatic rings. The van der Waals surface area contributed by atoms with E-state index < -0.39 is 10.0 Å². The van der Waals surface area contributed by atoms with E-state index in [4.69, 9.17) is 9.84 Å². The minimum absolute atomic E-state index is 0.205. The quantitative estimate of drug-likeness (QED) is 0.418. The van der Waals surface area contributed by atoms with Gasteiger partial charge in [0.2, 0.25) is 10.0 Å². The fraction of sp³-hybridized carbons (Fsp3) is 0.345. The van der Waals surface area contributed by atoms with Gasteiger partial charge in [-0.05, 0) is 60.9 Å². The van der Waals surface area contributed by atoms with Crippen LogP contribution in [0.25, 0.3) is 23.0 Å². The third kappa shape index (κ3) is 5.51. The molecule has 3 aliphatic heterocycles. The summed E-state index contributed by atoms with van der Waals surface area (Å²) in [5, 5.41) is 5.59. The Morgan fingerprint density at radius 1 is 1.00 bits per heavy atom. The number of rotatable bonds is 5. The Bertz CT molecular complexity index is 1570. The molecule has 0 spiro atoms. The smallest absolute Gasteiger partial charge is 0.286 e. The lowest BCUT2D eigenvalue weighted by atomic mass is 10.00. The molecule has 2 fully saturated rings. The van der Waals surface area contributed by atoms with Gasteiger partial charge in [-0.1, -0.05) is 37.3 Å². The van der Waals surface area contributed by atoms with Crippen molar-refractivity contribution in [3.8, 4) is 16.9 Å². The molecular formula is C29H31N5O4S2. The van der Waals surface area contributed by atoms with Crippen molar-refractivity contribution in [2.75, 3.05) is 39.4 Å². The first-order valence-electron chi connectivity index (χ1n) is 13.5. The number of benzene rings is 2. The van der Waals surface area contributed by atoms with Gasteiger partial charge in [0, 0.05) is 43.5 Å². The number of para-hydroxylation sites is 1. The predicted octanol–water partition coefficient (Wildman–Crippen LogP) is 4.26. The molecule has 1 amide bonds. The Hall–Kier alpha value is -3.25. The minimum Gasteiger partial charge on any atom is -0.379 e. The Balaban J connectivity index is 1.36. The zero-order chi connectivity index (χ0) is 27.7. The topological polar surface area (TPSA) is 97.1 Å². The van der Waals surface area contributed by atoms with Gasteiger partial charge in [-0.25, -0.2) is 13.1 Å². The summed E-state index contributed by atoms with van der Waals surface area (Å²) < 4.78 is 35.3. The first-order chi connectivity index (χ1) is 19.4. The molecule has 40 heavy (non-hydrogen) atoms. The number of amides is 1. The van der Waals surface area contributed by atoms with E-state index in [1.54, 1.807) is 22.9 Å². The maximum Gasteiger partial charge on any atom is 0.286 e. The van der Waals surface area contributed by atoms with Crippen molar-refractivity contribution in [2.24, 2.45) is 10.9 Å². The maximum atomic E-state index is 13.4. The summed E-state index contributed by atoms with van der Waals surface area (Å²) >= 11 is 1.39. The molecule has 1 aromatic heterocycles. The lowest BCUT2D eigenvalue weighted by Crippen LogP contribution is -2.40. The molecular weight excluding hydrogens is 546 g/mol. The number of thioether (sulfide) groups is 1. The summed E-state index contributed by atoms with van der Waals surface area (Å²) in [6.45, 7) is 5.46. The summed E-state index contributed by atoms with van der Waals surface area (Å²) in [7, 11) is -3.68. The number of piperidine rings is 1. The largest absolute Gasteiger partial charge is 0.379 e. The van der Waals surface area contributed by atoms with E-state index in [9.17, 15) is 13.2 Å². The summed E-state index contributed by atoms with van der Waals surface area (Å²) in [5.74, 6) is 0.420. The van der Waals surface area contributed by atoms with Gasteiger partial charge in [-0.3, -0.25) is 4.79 Å². The van der Waals surface area contributed by atoms with Crippen molar-refractivity contribution in [3.63, 3.8) is 0 Å². The van der Waals surface area contributed by atoms with Crippen molar-refractivity contribution < 1.29 is 17.9 Å². The van der Waals surface area contributed by atoms with E-state index in [1.807, 2.05) is 48.7 Å². The summed E-state index contributed by atoms with van der Waals surface area (Å²) in [6, 6.07) is 16.5. The van der Waals surface area contributed by atoms with Gasteiger partial charge < -0.3 is 9.64 Å². The Morgan fingerprint density at radius 3 is 2.50 bits per heavy atom. The van der Waals surface area contributed by atoms with E-state index in [1.165, 1.54) is 16.1 Å². The summed E-state index contributed by atoms with van der Waals surface area (Å²) in [4.78, 5) is 20.2. The van der Waals surface area contributed by atoms with Crippen LogP contribution in [0.5, 0.6) is 0 Å². The van der Waals surface area contributed by atoms with Gasteiger partial charge in [0.25, 0.3) is 5.91 Å². The van der Waals surface area contributed by atoms with Gasteiger partial charge in [-0.15, -0.1) is 0 Å². The standard InChI is InChI=1S/C29H31N5O4S2/c1-21-10-12-32(13-11-21)29-30-28(35)26(39-29)19-23-20-34(24-7-3-2-4-8-24)31-27(23)22-6-5-9-25(18-22)40(36,37)33-14-16-38-17-15-33/h2-9,18-21H,10-17H2,1H3/b26-19-.